The normalized spacial score (nSPS) is 11.6. The fourth-order valence-corrected chi connectivity index (χ4v) is 3.11. The molecule has 4 heteroatoms. The molecule has 0 N–H and O–H groups in total. The number of carbonyl (C=O) groups is 1. The molecule has 0 spiro atoms. The smallest absolute Gasteiger partial charge is 0.348 e. The highest BCUT2D eigenvalue weighted by Gasteiger charge is 2.14. The molecule has 0 heterocycles. The van der Waals surface area contributed by atoms with Gasteiger partial charge in [0.25, 0.3) is 0 Å². The van der Waals surface area contributed by atoms with Crippen LogP contribution in [0.5, 0.6) is 0 Å². The molecule has 0 saturated heterocycles. The van der Waals surface area contributed by atoms with E-state index < -0.39 is 5.97 Å². The molecule has 0 unspecified atom stereocenters. The molecule has 0 amide bonds. The van der Waals surface area contributed by atoms with Crippen molar-refractivity contribution in [1.29, 1.82) is 5.26 Å². The van der Waals surface area contributed by atoms with E-state index in [1.165, 1.54) is 11.1 Å². The molecular formula is C24H28N2O2. The number of esters is 1. The van der Waals surface area contributed by atoms with Gasteiger partial charge in [0, 0.05) is 13.1 Å². The highest BCUT2D eigenvalue weighted by atomic mass is 16.5. The van der Waals surface area contributed by atoms with Gasteiger partial charge in [0.2, 0.25) is 0 Å². The van der Waals surface area contributed by atoms with Gasteiger partial charge in [-0.15, -0.1) is 0 Å². The zero-order chi connectivity index (χ0) is 20.2. The number of benzene rings is 2. The molecule has 2 rings (SSSR count). The third kappa shape index (κ3) is 7.02. The van der Waals surface area contributed by atoms with E-state index in [4.69, 9.17) is 4.74 Å². The van der Waals surface area contributed by atoms with Crippen LogP contribution in [0.15, 0.2) is 71.8 Å². The van der Waals surface area contributed by atoms with Crippen LogP contribution in [0.3, 0.4) is 0 Å². The Morgan fingerprint density at radius 1 is 1.00 bits per heavy atom. The third-order valence-electron chi connectivity index (χ3n) is 4.54. The highest BCUT2D eigenvalue weighted by molar-refractivity contribution is 5.93. The highest BCUT2D eigenvalue weighted by Crippen LogP contribution is 2.15. The summed E-state index contributed by atoms with van der Waals surface area (Å²) in [5.74, 6) is -0.520. The van der Waals surface area contributed by atoms with E-state index in [0.29, 0.717) is 6.42 Å². The van der Waals surface area contributed by atoms with E-state index in [2.05, 4.69) is 53.4 Å². The lowest BCUT2D eigenvalue weighted by Gasteiger charge is -2.23. The summed E-state index contributed by atoms with van der Waals surface area (Å²) in [4.78, 5) is 14.3. The van der Waals surface area contributed by atoms with Gasteiger partial charge in [-0.05, 0) is 49.9 Å². The summed E-state index contributed by atoms with van der Waals surface area (Å²) >= 11 is 0. The van der Waals surface area contributed by atoms with E-state index >= 15 is 0 Å². The number of nitriles is 1. The number of nitrogens with zero attached hydrogens (tertiary/aromatic N) is 2. The van der Waals surface area contributed by atoms with E-state index in [1.54, 1.807) is 6.92 Å². The summed E-state index contributed by atoms with van der Waals surface area (Å²) in [6, 6.07) is 22.8. The minimum absolute atomic E-state index is 0.138. The van der Waals surface area contributed by atoms with Gasteiger partial charge < -0.3 is 4.74 Å². The van der Waals surface area contributed by atoms with Crippen molar-refractivity contribution in [2.75, 3.05) is 13.2 Å². The van der Waals surface area contributed by atoms with Crippen molar-refractivity contribution in [2.45, 2.75) is 39.8 Å². The Morgan fingerprint density at radius 2 is 1.54 bits per heavy atom. The van der Waals surface area contributed by atoms with E-state index in [1.807, 2.05) is 25.1 Å². The lowest BCUT2D eigenvalue weighted by atomic mass is 10.1. The monoisotopic (exact) mass is 376 g/mol. The van der Waals surface area contributed by atoms with Crippen LogP contribution in [0.2, 0.25) is 0 Å². The average Bonchev–Trinajstić information content (AvgIpc) is 2.70. The van der Waals surface area contributed by atoms with Gasteiger partial charge in [-0.3, -0.25) is 4.90 Å². The fourth-order valence-electron chi connectivity index (χ4n) is 3.11. The Hall–Kier alpha value is -2.90. The Balaban J connectivity index is 2.01. The second-order valence-electron chi connectivity index (χ2n) is 6.77. The molecule has 0 radical (unpaired) electrons. The maximum atomic E-state index is 11.9. The van der Waals surface area contributed by atoms with Crippen molar-refractivity contribution in [3.63, 3.8) is 0 Å². The molecule has 2 aromatic rings. The van der Waals surface area contributed by atoms with Gasteiger partial charge in [-0.25, -0.2) is 4.79 Å². The molecule has 0 bridgehead atoms. The van der Waals surface area contributed by atoms with E-state index in [-0.39, 0.29) is 12.2 Å². The topological polar surface area (TPSA) is 53.3 Å². The van der Waals surface area contributed by atoms with Gasteiger partial charge in [-0.2, -0.15) is 5.26 Å². The third-order valence-corrected chi connectivity index (χ3v) is 4.54. The quantitative estimate of drug-likeness (QED) is 0.337. The predicted molar refractivity (Wildman–Crippen MR) is 111 cm³/mol. The lowest BCUT2D eigenvalue weighted by molar-refractivity contribution is -0.138. The molecule has 28 heavy (non-hydrogen) atoms. The van der Waals surface area contributed by atoms with Crippen molar-refractivity contribution in [3.8, 4) is 6.07 Å². The summed E-state index contributed by atoms with van der Waals surface area (Å²) in [5.41, 5.74) is 3.48. The van der Waals surface area contributed by atoms with Crippen LogP contribution in [0.4, 0.5) is 0 Å². The van der Waals surface area contributed by atoms with Crippen molar-refractivity contribution in [3.05, 3.63) is 82.9 Å². The molecule has 2 aromatic carbocycles. The molecule has 0 aliphatic rings. The first kappa shape index (κ1) is 21.4. The molecule has 0 aliphatic heterocycles. The second kappa shape index (κ2) is 11.7. The van der Waals surface area contributed by atoms with Crippen LogP contribution < -0.4 is 0 Å². The maximum Gasteiger partial charge on any atom is 0.348 e. The van der Waals surface area contributed by atoms with E-state index in [0.717, 1.165) is 31.6 Å². The molecule has 4 nitrogen and oxygen atoms in total. The zero-order valence-corrected chi connectivity index (χ0v) is 16.7. The summed E-state index contributed by atoms with van der Waals surface area (Å²) < 4.78 is 4.97. The van der Waals surface area contributed by atoms with Gasteiger partial charge in [0.05, 0.1) is 6.61 Å². The standard InChI is InChI=1S/C24H28N2O2/c1-3-28-24(27)23(17-25)20(2)11-10-16-26(18-21-12-6-4-7-13-21)19-22-14-8-5-9-15-22/h4-9,12-15H,3,10-11,16,18-19H2,1-2H3/b23-20+. The number of rotatable bonds is 10. The van der Waals surface area contributed by atoms with Crippen LogP contribution in [0.1, 0.15) is 37.8 Å². The van der Waals surface area contributed by atoms with Crippen molar-refractivity contribution >= 4 is 5.97 Å². The molecule has 146 valence electrons. The van der Waals surface area contributed by atoms with Crippen LogP contribution in [0.25, 0.3) is 0 Å². The van der Waals surface area contributed by atoms with Crippen LogP contribution >= 0.6 is 0 Å². The molecule has 0 aliphatic carbocycles. The predicted octanol–water partition coefficient (Wildman–Crippen LogP) is 4.87. The lowest BCUT2D eigenvalue weighted by Crippen LogP contribution is -2.24. The van der Waals surface area contributed by atoms with Gasteiger partial charge in [-0.1, -0.05) is 60.7 Å². The molecule has 0 fully saturated rings. The van der Waals surface area contributed by atoms with Crippen LogP contribution in [-0.2, 0) is 22.6 Å². The minimum Gasteiger partial charge on any atom is -0.462 e. The van der Waals surface area contributed by atoms with Gasteiger partial charge in [0.15, 0.2) is 0 Å². The van der Waals surface area contributed by atoms with Crippen LogP contribution in [-0.4, -0.2) is 24.0 Å². The molecule has 0 saturated carbocycles. The molecule has 0 atom stereocenters. The fraction of sp³-hybridized carbons (Fsp3) is 0.333. The second-order valence-corrected chi connectivity index (χ2v) is 6.77. The maximum absolute atomic E-state index is 11.9. The van der Waals surface area contributed by atoms with Crippen molar-refractivity contribution in [2.24, 2.45) is 0 Å². The number of carbonyl (C=O) groups excluding carboxylic acids is 1. The van der Waals surface area contributed by atoms with Crippen LogP contribution in [0, 0.1) is 11.3 Å². The van der Waals surface area contributed by atoms with Gasteiger partial charge in [0.1, 0.15) is 11.6 Å². The Bertz CT molecular complexity index is 766. The first-order valence-corrected chi connectivity index (χ1v) is 9.71. The summed E-state index contributed by atoms with van der Waals surface area (Å²) in [5, 5.41) is 9.27. The number of ether oxygens (including phenoxy) is 1. The number of allylic oxidation sites excluding steroid dienone is 1. The summed E-state index contributed by atoms with van der Waals surface area (Å²) in [6.45, 7) is 6.46. The first-order chi connectivity index (χ1) is 13.6. The molecule has 0 aromatic heterocycles. The van der Waals surface area contributed by atoms with E-state index in [9.17, 15) is 10.1 Å². The SMILES string of the molecule is CCOC(=O)/C(C#N)=C(\C)CCCN(Cc1ccccc1)Cc1ccccc1. The van der Waals surface area contributed by atoms with Crippen molar-refractivity contribution < 1.29 is 9.53 Å². The average molecular weight is 377 g/mol. The van der Waals surface area contributed by atoms with Crippen molar-refractivity contribution in [1.82, 2.24) is 4.90 Å². The summed E-state index contributed by atoms with van der Waals surface area (Å²) in [6.07, 6.45) is 1.57. The Morgan fingerprint density at radius 3 is 2.00 bits per heavy atom. The molecular weight excluding hydrogens is 348 g/mol. The Labute approximate surface area is 168 Å². The number of hydrogen-bond donors (Lipinski definition) is 0. The zero-order valence-electron chi connectivity index (χ0n) is 16.7. The number of hydrogen-bond acceptors (Lipinski definition) is 4. The Kier molecular flexibility index (Phi) is 8.97. The van der Waals surface area contributed by atoms with Gasteiger partial charge >= 0.3 is 5.97 Å². The summed E-state index contributed by atoms with van der Waals surface area (Å²) in [7, 11) is 0. The first-order valence-electron chi connectivity index (χ1n) is 9.71. The minimum atomic E-state index is -0.520. The largest absolute Gasteiger partial charge is 0.462 e.